The van der Waals surface area contributed by atoms with E-state index < -0.39 is 34.4 Å². The summed E-state index contributed by atoms with van der Waals surface area (Å²) in [7, 11) is 0. The molecule has 0 saturated heterocycles. The van der Waals surface area contributed by atoms with E-state index in [0.29, 0.717) is 0 Å². The first-order valence-electron chi connectivity index (χ1n) is 10.1. The number of aromatic nitrogens is 2. The molecule has 184 valence electrons. The van der Waals surface area contributed by atoms with Crippen molar-refractivity contribution in [2.24, 2.45) is 0 Å². The molecular formula is C24H18F2N2O6Pd. The number of nitrogens with zero attached hydrogens (tertiary/aromatic N) is 2. The van der Waals surface area contributed by atoms with Gasteiger partial charge >= 0.3 is 32.4 Å². The minimum absolute atomic E-state index is 0. The van der Waals surface area contributed by atoms with Crippen LogP contribution in [0.2, 0.25) is 0 Å². The van der Waals surface area contributed by atoms with Gasteiger partial charge in [0.15, 0.2) is 10.9 Å². The van der Waals surface area contributed by atoms with Crippen LogP contribution in [0.3, 0.4) is 0 Å². The van der Waals surface area contributed by atoms with Gasteiger partial charge in [-0.05, 0) is 26.0 Å². The molecule has 0 aliphatic heterocycles. The van der Waals surface area contributed by atoms with Crippen molar-refractivity contribution < 1.29 is 48.3 Å². The molecule has 0 saturated carbocycles. The van der Waals surface area contributed by atoms with Crippen molar-refractivity contribution in [3.8, 4) is 0 Å². The number of pyridine rings is 2. The molecule has 4 rings (SSSR count). The van der Waals surface area contributed by atoms with Gasteiger partial charge in [-0.2, -0.15) is 12.4 Å². The first kappa shape index (κ1) is 27.6. The summed E-state index contributed by atoms with van der Waals surface area (Å²) in [5.74, 6) is -2.94. The number of carbonyl (C=O) groups is 2. The fourth-order valence-electron chi connectivity index (χ4n) is 3.05. The molecule has 2 heterocycles. The van der Waals surface area contributed by atoms with Gasteiger partial charge in [0.25, 0.3) is 0 Å². The van der Waals surface area contributed by atoms with Crippen LogP contribution in [0.4, 0.5) is 8.78 Å². The molecule has 0 bridgehead atoms. The third-order valence-corrected chi connectivity index (χ3v) is 4.58. The van der Waals surface area contributed by atoms with E-state index in [1.807, 2.05) is 0 Å². The third kappa shape index (κ3) is 5.88. The largest absolute Gasteiger partial charge is 2.00 e. The number of hydrogen-bond donors (Lipinski definition) is 0. The molecule has 35 heavy (non-hydrogen) atoms. The molecule has 0 amide bonds. The van der Waals surface area contributed by atoms with Gasteiger partial charge in [0.1, 0.15) is 11.6 Å². The molecule has 0 aliphatic carbocycles. The number of rotatable bonds is 4. The van der Waals surface area contributed by atoms with Crippen LogP contribution in [-0.4, -0.2) is 25.2 Å². The van der Waals surface area contributed by atoms with Gasteiger partial charge in [-0.15, -0.1) is 11.0 Å². The Hall–Kier alpha value is -3.68. The summed E-state index contributed by atoms with van der Waals surface area (Å²) in [5, 5.41) is -0.365. The average Bonchev–Trinajstić information content (AvgIpc) is 2.80. The predicted octanol–water partition coefficient (Wildman–Crippen LogP) is 2.94. The summed E-state index contributed by atoms with van der Waals surface area (Å²) in [4.78, 5) is 54.4. The first-order valence-corrected chi connectivity index (χ1v) is 10.1. The monoisotopic (exact) mass is 574 g/mol. The SMILES string of the molecule is CCOC(=O)c1c[n-]c2cccc(F)c2c1=O.CCOC(=O)c1c[n-]c2cccc(F)c2c1=O.[Pd+2]. The van der Waals surface area contributed by atoms with Crippen molar-refractivity contribution in [2.45, 2.75) is 13.8 Å². The molecule has 0 N–H and O–H groups in total. The second-order valence-corrected chi connectivity index (χ2v) is 6.71. The quantitative estimate of drug-likeness (QED) is 0.270. The maximum absolute atomic E-state index is 13.5. The Bertz CT molecular complexity index is 1390. The molecule has 0 atom stereocenters. The summed E-state index contributed by atoms with van der Waals surface area (Å²) in [6, 6.07) is 8.23. The first-order chi connectivity index (χ1) is 16.3. The van der Waals surface area contributed by atoms with Crippen molar-refractivity contribution >= 4 is 33.7 Å². The van der Waals surface area contributed by atoms with Crippen LogP contribution < -0.4 is 20.8 Å². The van der Waals surface area contributed by atoms with E-state index in [1.165, 1.54) is 24.3 Å². The zero-order chi connectivity index (χ0) is 24.8. The van der Waals surface area contributed by atoms with Crippen molar-refractivity contribution in [3.05, 3.63) is 92.0 Å². The fourth-order valence-corrected chi connectivity index (χ4v) is 3.05. The van der Waals surface area contributed by atoms with Crippen LogP contribution in [-0.2, 0) is 29.9 Å². The van der Waals surface area contributed by atoms with Crippen LogP contribution in [0.15, 0.2) is 58.4 Å². The maximum atomic E-state index is 13.5. The summed E-state index contributed by atoms with van der Waals surface area (Å²) in [5.41, 5.74) is -1.42. The minimum atomic E-state index is -0.782. The van der Waals surface area contributed by atoms with E-state index in [2.05, 4.69) is 9.97 Å². The molecule has 0 aliphatic rings. The van der Waals surface area contributed by atoms with Crippen LogP contribution in [0.1, 0.15) is 34.6 Å². The molecule has 4 aromatic rings. The standard InChI is InChI=1S/2C12H10FNO3.Pd/c2*1-2-17-12(16)7-6-14-9-5-3-4-8(13)10(9)11(7)15;/h2*3-6H,2H2,1H3,(H,14,15,16);/q;;+2/p-2. The summed E-state index contributed by atoms with van der Waals surface area (Å²) < 4.78 is 36.4. The number of benzene rings is 2. The van der Waals surface area contributed by atoms with Crippen LogP contribution in [0.5, 0.6) is 0 Å². The number of fused-ring (bicyclic) bond motifs is 2. The third-order valence-electron chi connectivity index (χ3n) is 4.58. The van der Waals surface area contributed by atoms with Gasteiger partial charge in [-0.3, -0.25) is 9.59 Å². The van der Waals surface area contributed by atoms with E-state index in [1.54, 1.807) is 13.8 Å². The molecule has 0 fully saturated rings. The minimum Gasteiger partial charge on any atom is -0.663 e. The molecule has 0 radical (unpaired) electrons. The molecule has 8 nitrogen and oxygen atoms in total. The molecule has 0 spiro atoms. The van der Waals surface area contributed by atoms with Crippen molar-refractivity contribution in [3.63, 3.8) is 0 Å². The molecule has 2 aromatic heterocycles. The van der Waals surface area contributed by atoms with E-state index in [4.69, 9.17) is 9.47 Å². The average molecular weight is 575 g/mol. The van der Waals surface area contributed by atoms with E-state index in [-0.39, 0.29) is 66.6 Å². The number of esters is 2. The van der Waals surface area contributed by atoms with Crippen molar-refractivity contribution in [1.82, 2.24) is 9.97 Å². The number of hydrogen-bond acceptors (Lipinski definition) is 6. The van der Waals surface area contributed by atoms with Gasteiger partial charge in [-0.25, -0.2) is 18.4 Å². The van der Waals surface area contributed by atoms with Gasteiger partial charge in [-0.1, -0.05) is 24.3 Å². The molecule has 2 aromatic carbocycles. The van der Waals surface area contributed by atoms with Gasteiger partial charge in [0.2, 0.25) is 0 Å². The van der Waals surface area contributed by atoms with Crippen LogP contribution >= 0.6 is 0 Å². The zero-order valence-corrected chi connectivity index (χ0v) is 20.0. The maximum Gasteiger partial charge on any atom is 2.00 e. The molecule has 0 unspecified atom stereocenters. The van der Waals surface area contributed by atoms with Crippen LogP contribution in [0, 0.1) is 11.6 Å². The number of carbonyl (C=O) groups excluding carboxylic acids is 2. The summed E-state index contributed by atoms with van der Waals surface area (Å²) in [6.45, 7) is 3.54. The summed E-state index contributed by atoms with van der Waals surface area (Å²) in [6.07, 6.45) is 2.23. The Balaban J connectivity index is 0.000000240. The van der Waals surface area contributed by atoms with Gasteiger partial charge in [0.05, 0.1) is 24.3 Å². The molecule has 11 heteroatoms. The second kappa shape index (κ2) is 12.2. The van der Waals surface area contributed by atoms with E-state index in [9.17, 15) is 28.0 Å². The Morgan fingerprint density at radius 1 is 0.743 bits per heavy atom. The predicted molar refractivity (Wildman–Crippen MR) is 119 cm³/mol. The second-order valence-electron chi connectivity index (χ2n) is 6.71. The Labute approximate surface area is 210 Å². The normalized spacial score (nSPS) is 10.2. The smallest absolute Gasteiger partial charge is 0.663 e. The van der Waals surface area contributed by atoms with Crippen molar-refractivity contribution in [2.75, 3.05) is 13.2 Å². The number of halogens is 2. The zero-order valence-electron chi connectivity index (χ0n) is 18.4. The summed E-state index contributed by atoms with van der Waals surface area (Å²) >= 11 is 0. The van der Waals surface area contributed by atoms with Crippen molar-refractivity contribution in [1.29, 1.82) is 0 Å². The Morgan fingerprint density at radius 3 is 1.46 bits per heavy atom. The van der Waals surface area contributed by atoms with Crippen LogP contribution in [0.25, 0.3) is 21.8 Å². The van der Waals surface area contributed by atoms with E-state index >= 15 is 0 Å². The van der Waals surface area contributed by atoms with Gasteiger partial charge in [0, 0.05) is 10.8 Å². The number of ether oxygens (including phenoxy) is 2. The fraction of sp³-hybridized carbons (Fsp3) is 0.167. The Kier molecular flexibility index (Phi) is 9.57. The molecular weight excluding hydrogens is 557 g/mol. The Morgan fingerprint density at radius 2 is 1.11 bits per heavy atom. The van der Waals surface area contributed by atoms with Gasteiger partial charge < -0.3 is 19.4 Å². The van der Waals surface area contributed by atoms with E-state index in [0.717, 1.165) is 24.5 Å². The topological polar surface area (TPSA) is 115 Å².